The highest BCUT2D eigenvalue weighted by molar-refractivity contribution is 5.20. The van der Waals surface area contributed by atoms with Gasteiger partial charge in [-0.2, -0.15) is 0 Å². The first-order valence-corrected chi connectivity index (χ1v) is 6.24. The van der Waals surface area contributed by atoms with Gasteiger partial charge in [-0.25, -0.2) is 0 Å². The number of hydrogen-bond acceptors (Lipinski definition) is 2. The van der Waals surface area contributed by atoms with Gasteiger partial charge in [0.1, 0.15) is 5.75 Å². The Bertz CT molecular complexity index is 278. The lowest BCUT2D eigenvalue weighted by atomic mass is 10.1. The van der Waals surface area contributed by atoms with E-state index in [0.29, 0.717) is 6.10 Å². The van der Waals surface area contributed by atoms with Gasteiger partial charge in [-0.05, 0) is 44.2 Å². The fourth-order valence-corrected chi connectivity index (χ4v) is 2.05. The zero-order valence-corrected chi connectivity index (χ0v) is 9.73. The third kappa shape index (κ3) is 3.86. The van der Waals surface area contributed by atoms with Crippen LogP contribution < -0.4 is 4.74 Å². The van der Waals surface area contributed by atoms with E-state index in [0.717, 1.165) is 25.4 Å². The van der Waals surface area contributed by atoms with Crippen LogP contribution in [0.3, 0.4) is 0 Å². The van der Waals surface area contributed by atoms with Crippen LogP contribution in [0.1, 0.15) is 32.1 Å². The van der Waals surface area contributed by atoms with E-state index >= 15 is 0 Å². The summed E-state index contributed by atoms with van der Waals surface area (Å²) in [5.41, 5.74) is 0. The second kappa shape index (κ2) is 6.54. The molecule has 0 spiro atoms. The van der Waals surface area contributed by atoms with Crippen molar-refractivity contribution in [1.82, 2.24) is 0 Å². The summed E-state index contributed by atoms with van der Waals surface area (Å²) in [5.74, 6) is 0.972. The van der Waals surface area contributed by atoms with Crippen LogP contribution in [0.5, 0.6) is 5.75 Å². The molecule has 1 atom stereocenters. The van der Waals surface area contributed by atoms with Crippen molar-refractivity contribution in [2.24, 2.45) is 0 Å². The highest BCUT2D eigenvalue weighted by Gasteiger charge is 2.14. The van der Waals surface area contributed by atoms with Crippen LogP contribution in [0.25, 0.3) is 0 Å². The molecule has 2 rings (SSSR count). The number of para-hydroxylation sites is 1. The Morgan fingerprint density at radius 1 is 1.19 bits per heavy atom. The van der Waals surface area contributed by atoms with E-state index in [2.05, 4.69) is 0 Å². The van der Waals surface area contributed by atoms with Crippen LogP contribution in [0.2, 0.25) is 0 Å². The van der Waals surface area contributed by atoms with Gasteiger partial charge in [0, 0.05) is 6.61 Å². The fourth-order valence-electron chi connectivity index (χ4n) is 2.05. The van der Waals surface area contributed by atoms with Gasteiger partial charge < -0.3 is 9.47 Å². The molecule has 1 aromatic rings. The largest absolute Gasteiger partial charge is 0.494 e. The lowest BCUT2D eigenvalue weighted by Crippen LogP contribution is -2.05. The average molecular weight is 220 g/mol. The molecule has 1 aliphatic heterocycles. The summed E-state index contributed by atoms with van der Waals surface area (Å²) >= 11 is 0. The van der Waals surface area contributed by atoms with Crippen molar-refractivity contribution in [2.75, 3.05) is 13.2 Å². The topological polar surface area (TPSA) is 18.5 Å². The van der Waals surface area contributed by atoms with Gasteiger partial charge in [0.25, 0.3) is 0 Å². The molecule has 0 unspecified atom stereocenters. The van der Waals surface area contributed by atoms with E-state index < -0.39 is 0 Å². The molecule has 0 amide bonds. The van der Waals surface area contributed by atoms with E-state index in [1.165, 1.54) is 25.7 Å². The predicted octanol–water partition coefficient (Wildman–Crippen LogP) is 3.41. The quantitative estimate of drug-likeness (QED) is 0.684. The monoisotopic (exact) mass is 220 g/mol. The molecule has 1 fully saturated rings. The summed E-state index contributed by atoms with van der Waals surface area (Å²) in [6.07, 6.45) is 6.53. The van der Waals surface area contributed by atoms with Crippen molar-refractivity contribution in [1.29, 1.82) is 0 Å². The van der Waals surface area contributed by atoms with Crippen LogP contribution in [0.4, 0.5) is 0 Å². The van der Waals surface area contributed by atoms with Gasteiger partial charge in [-0.1, -0.05) is 18.2 Å². The number of hydrogen-bond donors (Lipinski definition) is 0. The minimum Gasteiger partial charge on any atom is -0.494 e. The Kier molecular flexibility index (Phi) is 4.69. The molecular formula is C14H20O2. The highest BCUT2D eigenvalue weighted by atomic mass is 16.5. The molecule has 88 valence electrons. The van der Waals surface area contributed by atoms with E-state index in [-0.39, 0.29) is 0 Å². The summed E-state index contributed by atoms with van der Waals surface area (Å²) in [4.78, 5) is 0. The molecule has 16 heavy (non-hydrogen) atoms. The minimum absolute atomic E-state index is 0.525. The molecule has 0 saturated carbocycles. The Labute approximate surface area is 97.6 Å². The van der Waals surface area contributed by atoms with Crippen LogP contribution >= 0.6 is 0 Å². The number of unbranched alkanes of at least 4 members (excludes halogenated alkanes) is 1. The van der Waals surface area contributed by atoms with Crippen molar-refractivity contribution in [2.45, 2.75) is 38.2 Å². The molecule has 1 heterocycles. The Morgan fingerprint density at radius 3 is 2.81 bits per heavy atom. The first kappa shape index (κ1) is 11.5. The molecule has 1 saturated heterocycles. The molecule has 0 aliphatic carbocycles. The summed E-state index contributed by atoms with van der Waals surface area (Å²) in [5, 5.41) is 0. The molecule has 2 nitrogen and oxygen atoms in total. The summed E-state index contributed by atoms with van der Waals surface area (Å²) in [6, 6.07) is 10.0. The SMILES string of the molecule is c1ccc(OCCCC[C@H]2CCCO2)cc1. The fraction of sp³-hybridized carbons (Fsp3) is 0.571. The Morgan fingerprint density at radius 2 is 2.06 bits per heavy atom. The molecule has 1 aliphatic rings. The number of benzene rings is 1. The van der Waals surface area contributed by atoms with Crippen molar-refractivity contribution in [3.05, 3.63) is 30.3 Å². The molecular weight excluding hydrogens is 200 g/mol. The second-order valence-electron chi connectivity index (χ2n) is 4.29. The maximum absolute atomic E-state index is 5.63. The van der Waals surface area contributed by atoms with E-state index in [1.54, 1.807) is 0 Å². The normalized spacial score (nSPS) is 19.9. The zero-order valence-electron chi connectivity index (χ0n) is 9.73. The van der Waals surface area contributed by atoms with Gasteiger partial charge in [-0.15, -0.1) is 0 Å². The van der Waals surface area contributed by atoms with Gasteiger partial charge in [-0.3, -0.25) is 0 Å². The zero-order chi connectivity index (χ0) is 11.1. The van der Waals surface area contributed by atoms with Crippen molar-refractivity contribution in [3.63, 3.8) is 0 Å². The smallest absolute Gasteiger partial charge is 0.119 e. The maximum Gasteiger partial charge on any atom is 0.119 e. The van der Waals surface area contributed by atoms with Crippen LogP contribution in [-0.2, 0) is 4.74 Å². The van der Waals surface area contributed by atoms with Crippen molar-refractivity contribution >= 4 is 0 Å². The van der Waals surface area contributed by atoms with Gasteiger partial charge >= 0.3 is 0 Å². The molecule has 0 radical (unpaired) electrons. The summed E-state index contributed by atoms with van der Waals surface area (Å²) in [6.45, 7) is 1.78. The van der Waals surface area contributed by atoms with E-state index in [4.69, 9.17) is 9.47 Å². The third-order valence-electron chi connectivity index (χ3n) is 2.96. The standard InChI is InChI=1S/C14H20O2/c1-2-7-13(8-3-1)15-11-5-4-9-14-10-6-12-16-14/h1-3,7-8,14H,4-6,9-12H2/t14-/m0/s1. The van der Waals surface area contributed by atoms with Crippen molar-refractivity contribution in [3.8, 4) is 5.75 Å². The van der Waals surface area contributed by atoms with Gasteiger partial charge in [0.15, 0.2) is 0 Å². The molecule has 0 N–H and O–H groups in total. The molecule has 0 bridgehead atoms. The lowest BCUT2D eigenvalue weighted by Gasteiger charge is -2.09. The molecule has 2 heteroatoms. The third-order valence-corrected chi connectivity index (χ3v) is 2.96. The minimum atomic E-state index is 0.525. The lowest BCUT2D eigenvalue weighted by molar-refractivity contribution is 0.101. The molecule has 0 aromatic heterocycles. The highest BCUT2D eigenvalue weighted by Crippen LogP contribution is 2.17. The Hall–Kier alpha value is -1.02. The van der Waals surface area contributed by atoms with Crippen LogP contribution in [0.15, 0.2) is 30.3 Å². The van der Waals surface area contributed by atoms with Crippen LogP contribution in [0, 0.1) is 0 Å². The first-order valence-electron chi connectivity index (χ1n) is 6.24. The average Bonchev–Trinajstić information content (AvgIpc) is 2.83. The second-order valence-corrected chi connectivity index (χ2v) is 4.29. The van der Waals surface area contributed by atoms with E-state index in [9.17, 15) is 0 Å². The van der Waals surface area contributed by atoms with Crippen LogP contribution in [-0.4, -0.2) is 19.3 Å². The summed E-state index contributed by atoms with van der Waals surface area (Å²) in [7, 11) is 0. The van der Waals surface area contributed by atoms with Gasteiger partial charge in [0.2, 0.25) is 0 Å². The van der Waals surface area contributed by atoms with Gasteiger partial charge in [0.05, 0.1) is 12.7 Å². The number of rotatable bonds is 6. The molecule has 1 aromatic carbocycles. The maximum atomic E-state index is 5.63. The summed E-state index contributed by atoms with van der Waals surface area (Å²) < 4.78 is 11.2. The van der Waals surface area contributed by atoms with E-state index in [1.807, 2.05) is 30.3 Å². The Balaban J connectivity index is 1.52. The predicted molar refractivity (Wildman–Crippen MR) is 64.8 cm³/mol. The first-order chi connectivity index (χ1) is 7.95. The van der Waals surface area contributed by atoms with Crippen molar-refractivity contribution < 1.29 is 9.47 Å². The number of ether oxygens (including phenoxy) is 2.